The summed E-state index contributed by atoms with van der Waals surface area (Å²) in [7, 11) is 0. The maximum absolute atomic E-state index is 12.8. The number of esters is 1. The van der Waals surface area contributed by atoms with Crippen LogP contribution in [0.1, 0.15) is 37.0 Å². The van der Waals surface area contributed by atoms with E-state index in [1.807, 2.05) is 24.3 Å². The van der Waals surface area contributed by atoms with E-state index in [0.717, 1.165) is 36.5 Å². The standard InChI is InChI=1S/C25H24ClF3O2/c1-24(2)20(13-21(26)25(27,28)29)22(24)23(30)31-14-16-9-6-12-19-17-10-4-3-7-15(17)8-5-11-18(16)19/h3-4,6-7,9-10,12-13,20,22H,5,8,11,14H2,1-2H3/b21-13-/t20?,22-/m1/s1. The lowest BCUT2D eigenvalue weighted by molar-refractivity contribution is -0.147. The molecule has 0 bridgehead atoms. The predicted molar refractivity (Wildman–Crippen MR) is 114 cm³/mol. The summed E-state index contributed by atoms with van der Waals surface area (Å²) in [5, 5.41) is -1.19. The zero-order valence-electron chi connectivity index (χ0n) is 17.4. The van der Waals surface area contributed by atoms with Gasteiger partial charge in [0.1, 0.15) is 11.6 Å². The fourth-order valence-corrected chi connectivity index (χ4v) is 4.84. The Kier molecular flexibility index (Phi) is 5.67. The molecule has 0 aromatic heterocycles. The molecule has 6 heteroatoms. The van der Waals surface area contributed by atoms with E-state index in [2.05, 4.69) is 18.2 Å². The third kappa shape index (κ3) is 4.25. The number of aryl methyl sites for hydroxylation is 1. The van der Waals surface area contributed by atoms with Crippen LogP contribution in [-0.2, 0) is 29.0 Å². The largest absolute Gasteiger partial charge is 0.461 e. The minimum absolute atomic E-state index is 0.111. The van der Waals surface area contributed by atoms with Crippen LogP contribution in [0.4, 0.5) is 13.2 Å². The fraction of sp³-hybridized carbons (Fsp3) is 0.400. The predicted octanol–water partition coefficient (Wildman–Crippen LogP) is 6.84. The molecule has 0 heterocycles. The number of hydrogen-bond acceptors (Lipinski definition) is 2. The van der Waals surface area contributed by atoms with E-state index in [4.69, 9.17) is 16.3 Å². The van der Waals surface area contributed by atoms with Gasteiger partial charge in [0.05, 0.1) is 5.92 Å². The SMILES string of the molecule is CC1(C)C(/C=C(\Cl)C(F)(F)F)[C@@H]1C(=O)OCc1cccc2c1CCCc1ccccc1-2. The molecule has 1 saturated carbocycles. The van der Waals surface area contributed by atoms with Gasteiger partial charge in [0.25, 0.3) is 0 Å². The quantitative estimate of drug-likeness (QED) is 0.478. The van der Waals surface area contributed by atoms with Crippen LogP contribution in [0.25, 0.3) is 11.1 Å². The third-order valence-electron chi connectivity index (χ3n) is 6.58. The first kappa shape index (κ1) is 21.9. The summed E-state index contributed by atoms with van der Waals surface area (Å²) in [5.74, 6) is -1.70. The first-order chi connectivity index (χ1) is 14.6. The highest BCUT2D eigenvalue weighted by Crippen LogP contribution is 2.60. The summed E-state index contributed by atoms with van der Waals surface area (Å²) in [4.78, 5) is 12.7. The van der Waals surface area contributed by atoms with E-state index in [1.165, 1.54) is 16.7 Å². The Labute approximate surface area is 185 Å². The molecule has 31 heavy (non-hydrogen) atoms. The van der Waals surface area contributed by atoms with E-state index in [1.54, 1.807) is 13.8 Å². The van der Waals surface area contributed by atoms with Crippen LogP contribution in [0.15, 0.2) is 53.6 Å². The topological polar surface area (TPSA) is 26.3 Å². The van der Waals surface area contributed by atoms with Crippen molar-refractivity contribution in [2.75, 3.05) is 0 Å². The maximum atomic E-state index is 12.8. The first-order valence-corrected chi connectivity index (χ1v) is 10.8. The van der Waals surface area contributed by atoms with Crippen molar-refractivity contribution in [1.82, 2.24) is 0 Å². The molecule has 2 aromatic rings. The second-order valence-corrected chi connectivity index (χ2v) is 9.31. The van der Waals surface area contributed by atoms with Gasteiger partial charge >= 0.3 is 12.1 Å². The highest BCUT2D eigenvalue weighted by molar-refractivity contribution is 6.30. The number of carbonyl (C=O) groups is 1. The van der Waals surface area contributed by atoms with Gasteiger partial charge in [0.2, 0.25) is 0 Å². The molecule has 0 spiro atoms. The molecule has 2 aromatic carbocycles. The second-order valence-electron chi connectivity index (χ2n) is 8.90. The van der Waals surface area contributed by atoms with Crippen LogP contribution < -0.4 is 0 Å². The van der Waals surface area contributed by atoms with E-state index in [0.29, 0.717) is 0 Å². The molecule has 2 atom stereocenters. The Morgan fingerprint density at radius 3 is 2.58 bits per heavy atom. The van der Waals surface area contributed by atoms with Crippen molar-refractivity contribution in [3.05, 3.63) is 70.3 Å². The van der Waals surface area contributed by atoms with Gasteiger partial charge in [-0.25, -0.2) is 0 Å². The van der Waals surface area contributed by atoms with Gasteiger partial charge in [0.15, 0.2) is 0 Å². The van der Waals surface area contributed by atoms with Crippen molar-refractivity contribution >= 4 is 17.6 Å². The van der Waals surface area contributed by atoms with E-state index in [9.17, 15) is 18.0 Å². The van der Waals surface area contributed by atoms with Gasteiger partial charge < -0.3 is 4.74 Å². The van der Waals surface area contributed by atoms with Crippen LogP contribution in [-0.4, -0.2) is 12.1 Å². The highest BCUT2D eigenvalue weighted by Gasteiger charge is 2.62. The van der Waals surface area contributed by atoms with E-state index >= 15 is 0 Å². The van der Waals surface area contributed by atoms with Gasteiger partial charge in [-0.15, -0.1) is 0 Å². The molecule has 1 unspecified atom stereocenters. The molecule has 2 aliphatic rings. The molecule has 4 rings (SSSR count). The Morgan fingerprint density at radius 1 is 1.13 bits per heavy atom. The molecule has 0 aliphatic heterocycles. The van der Waals surface area contributed by atoms with Crippen LogP contribution in [0, 0.1) is 17.3 Å². The molecule has 164 valence electrons. The van der Waals surface area contributed by atoms with Crippen LogP contribution in [0.5, 0.6) is 0 Å². The third-order valence-corrected chi connectivity index (χ3v) is 6.92. The monoisotopic (exact) mass is 448 g/mol. The molecule has 2 aliphatic carbocycles. The number of alkyl halides is 3. The maximum Gasteiger partial charge on any atom is 0.426 e. The van der Waals surface area contributed by atoms with Crippen molar-refractivity contribution in [1.29, 1.82) is 0 Å². The average Bonchev–Trinajstić information content (AvgIpc) is 3.32. The summed E-state index contributed by atoms with van der Waals surface area (Å²) in [6.45, 7) is 3.62. The minimum Gasteiger partial charge on any atom is -0.461 e. The minimum atomic E-state index is -4.60. The van der Waals surface area contributed by atoms with Gasteiger partial charge in [0, 0.05) is 0 Å². The first-order valence-electron chi connectivity index (χ1n) is 10.4. The van der Waals surface area contributed by atoms with Crippen molar-refractivity contribution in [3.8, 4) is 11.1 Å². The van der Waals surface area contributed by atoms with Crippen LogP contribution >= 0.6 is 11.6 Å². The Bertz CT molecular complexity index is 1040. The van der Waals surface area contributed by atoms with Crippen LogP contribution in [0.3, 0.4) is 0 Å². The highest BCUT2D eigenvalue weighted by atomic mass is 35.5. The van der Waals surface area contributed by atoms with Crippen molar-refractivity contribution in [2.24, 2.45) is 17.3 Å². The van der Waals surface area contributed by atoms with Crippen molar-refractivity contribution in [2.45, 2.75) is 45.9 Å². The number of ether oxygens (including phenoxy) is 1. The van der Waals surface area contributed by atoms with E-state index in [-0.39, 0.29) is 6.61 Å². The van der Waals surface area contributed by atoms with Gasteiger partial charge in [-0.2, -0.15) is 13.2 Å². The number of benzene rings is 2. The number of carbonyl (C=O) groups excluding carboxylic acids is 1. The molecular formula is C25H24ClF3O2. The molecule has 0 radical (unpaired) electrons. The summed E-state index contributed by atoms with van der Waals surface area (Å²) in [6.07, 6.45) is -0.771. The normalized spacial score (nSPS) is 22.2. The molecule has 2 nitrogen and oxygen atoms in total. The zero-order chi connectivity index (χ0) is 22.4. The lowest BCUT2D eigenvalue weighted by atomic mass is 9.93. The number of fused-ring (bicyclic) bond motifs is 3. The van der Waals surface area contributed by atoms with Crippen LogP contribution in [0.2, 0.25) is 0 Å². The van der Waals surface area contributed by atoms with Gasteiger partial charge in [-0.1, -0.05) is 74.0 Å². The number of allylic oxidation sites excluding steroid dienone is 2. The lowest BCUT2D eigenvalue weighted by Crippen LogP contribution is -2.12. The molecule has 0 amide bonds. The fourth-order valence-electron chi connectivity index (χ4n) is 4.70. The summed E-state index contributed by atoms with van der Waals surface area (Å²) < 4.78 is 43.9. The molecular weight excluding hydrogens is 425 g/mol. The molecule has 0 N–H and O–H groups in total. The lowest BCUT2D eigenvalue weighted by Gasteiger charge is -2.14. The average molecular weight is 449 g/mol. The van der Waals surface area contributed by atoms with Crippen molar-refractivity contribution in [3.63, 3.8) is 0 Å². The zero-order valence-corrected chi connectivity index (χ0v) is 18.2. The number of halogens is 4. The van der Waals surface area contributed by atoms with E-state index < -0.39 is 34.4 Å². The Balaban J connectivity index is 1.51. The Hall–Kier alpha value is -2.27. The summed E-state index contributed by atoms with van der Waals surface area (Å²) in [6, 6.07) is 14.3. The van der Waals surface area contributed by atoms with Crippen molar-refractivity contribution < 1.29 is 22.7 Å². The number of rotatable bonds is 4. The van der Waals surface area contributed by atoms with Gasteiger partial charge in [-0.05, 0) is 58.4 Å². The number of hydrogen-bond donors (Lipinski definition) is 0. The summed E-state index contributed by atoms with van der Waals surface area (Å²) >= 11 is 5.38. The molecule has 0 saturated heterocycles. The summed E-state index contributed by atoms with van der Waals surface area (Å²) in [5.41, 5.74) is 5.18. The molecule has 1 fully saturated rings. The van der Waals surface area contributed by atoms with Gasteiger partial charge in [-0.3, -0.25) is 4.79 Å². The Morgan fingerprint density at radius 2 is 1.84 bits per heavy atom. The second kappa shape index (κ2) is 8.01. The smallest absolute Gasteiger partial charge is 0.426 e.